The Kier molecular flexibility index (Phi) is 4.12. The molecule has 8 heteroatoms. The molecule has 0 bridgehead atoms. The second-order valence-electron chi connectivity index (χ2n) is 4.82. The molecule has 0 spiro atoms. The summed E-state index contributed by atoms with van der Waals surface area (Å²) in [5.74, 6) is 1.19. The number of allylic oxidation sites excluding steroid dienone is 1. The van der Waals surface area contributed by atoms with Crippen LogP contribution in [0.3, 0.4) is 0 Å². The van der Waals surface area contributed by atoms with Crippen molar-refractivity contribution in [2.24, 2.45) is 0 Å². The third-order valence-electron chi connectivity index (χ3n) is 3.33. The van der Waals surface area contributed by atoms with Crippen molar-refractivity contribution in [1.29, 1.82) is 0 Å². The largest absolute Gasteiger partial charge is 0.309 e. The van der Waals surface area contributed by atoms with Gasteiger partial charge in [0.05, 0.1) is 11.1 Å². The summed E-state index contributed by atoms with van der Waals surface area (Å²) in [6.07, 6.45) is 3.45. The van der Waals surface area contributed by atoms with Crippen LogP contribution in [0.5, 0.6) is 0 Å². The second-order valence-corrected chi connectivity index (χ2v) is 6.96. The quantitative estimate of drug-likeness (QED) is 0.574. The molecule has 22 heavy (non-hydrogen) atoms. The van der Waals surface area contributed by atoms with Gasteiger partial charge in [-0.1, -0.05) is 17.8 Å². The average molecular weight is 333 g/mol. The lowest BCUT2D eigenvalue weighted by Gasteiger charge is -2.03. The Labute approximate surface area is 135 Å². The third kappa shape index (κ3) is 2.71. The van der Waals surface area contributed by atoms with Gasteiger partial charge in [-0.15, -0.1) is 28.1 Å². The van der Waals surface area contributed by atoms with Crippen LogP contribution in [-0.4, -0.2) is 24.7 Å². The van der Waals surface area contributed by atoms with Gasteiger partial charge in [0.15, 0.2) is 5.16 Å². The molecule has 0 aromatic carbocycles. The number of hydrogen-bond donors (Lipinski definition) is 1. The van der Waals surface area contributed by atoms with E-state index in [1.165, 1.54) is 11.8 Å². The summed E-state index contributed by atoms with van der Waals surface area (Å²) >= 11 is 3.04. The Bertz CT molecular complexity index is 892. The topological polar surface area (TPSA) is 76.5 Å². The number of thiophene rings is 1. The Balaban J connectivity index is 1.87. The van der Waals surface area contributed by atoms with Crippen molar-refractivity contribution in [2.45, 2.75) is 31.3 Å². The first kappa shape index (κ1) is 15.0. The number of thioether (sulfide) groups is 1. The highest BCUT2D eigenvalue weighted by Crippen LogP contribution is 2.26. The maximum absolute atomic E-state index is 12.2. The van der Waals surface area contributed by atoms with Gasteiger partial charge in [0.2, 0.25) is 0 Å². The van der Waals surface area contributed by atoms with Crippen LogP contribution in [0.15, 0.2) is 28.9 Å². The highest BCUT2D eigenvalue weighted by Gasteiger charge is 2.12. The maximum atomic E-state index is 12.2. The minimum absolute atomic E-state index is 0.0741. The predicted molar refractivity (Wildman–Crippen MR) is 89.5 cm³/mol. The fourth-order valence-electron chi connectivity index (χ4n) is 2.12. The molecule has 0 radical (unpaired) electrons. The van der Waals surface area contributed by atoms with Crippen molar-refractivity contribution in [1.82, 2.24) is 24.7 Å². The van der Waals surface area contributed by atoms with E-state index in [1.54, 1.807) is 23.7 Å². The van der Waals surface area contributed by atoms with Crippen molar-refractivity contribution in [3.8, 4) is 0 Å². The summed E-state index contributed by atoms with van der Waals surface area (Å²) in [4.78, 5) is 21.6. The molecule has 114 valence electrons. The van der Waals surface area contributed by atoms with Gasteiger partial charge in [-0.2, -0.15) is 0 Å². The molecule has 3 heterocycles. The van der Waals surface area contributed by atoms with E-state index in [0.29, 0.717) is 23.5 Å². The highest BCUT2D eigenvalue weighted by molar-refractivity contribution is 7.98. The van der Waals surface area contributed by atoms with Crippen LogP contribution in [-0.2, 0) is 12.3 Å². The van der Waals surface area contributed by atoms with Crippen molar-refractivity contribution >= 4 is 33.3 Å². The SMILES string of the molecule is C=CCn1cnnc1SCc1nc2sc(C)c(C)c2c(=O)[nH]1. The molecule has 0 aliphatic carbocycles. The molecular weight excluding hydrogens is 318 g/mol. The lowest BCUT2D eigenvalue weighted by Crippen LogP contribution is -2.11. The fourth-order valence-corrected chi connectivity index (χ4v) is 3.96. The zero-order valence-electron chi connectivity index (χ0n) is 12.3. The number of aromatic amines is 1. The molecule has 0 atom stereocenters. The van der Waals surface area contributed by atoms with Crippen LogP contribution in [0.25, 0.3) is 10.2 Å². The van der Waals surface area contributed by atoms with Gasteiger partial charge in [-0.3, -0.25) is 4.79 Å². The number of nitrogens with one attached hydrogen (secondary N) is 1. The van der Waals surface area contributed by atoms with Gasteiger partial charge in [-0.25, -0.2) is 4.98 Å². The molecule has 1 N–H and O–H groups in total. The first-order valence-electron chi connectivity index (χ1n) is 6.70. The molecule has 3 aromatic rings. The van der Waals surface area contributed by atoms with E-state index in [4.69, 9.17) is 0 Å². The lowest BCUT2D eigenvalue weighted by atomic mass is 10.2. The molecule has 6 nitrogen and oxygen atoms in total. The van der Waals surface area contributed by atoms with Crippen LogP contribution in [0.4, 0.5) is 0 Å². The Morgan fingerprint density at radius 2 is 2.32 bits per heavy atom. The summed E-state index contributed by atoms with van der Waals surface area (Å²) < 4.78 is 1.90. The smallest absolute Gasteiger partial charge is 0.259 e. The zero-order chi connectivity index (χ0) is 15.7. The Hall–Kier alpha value is -1.93. The molecule has 3 aromatic heterocycles. The van der Waals surface area contributed by atoms with Crippen LogP contribution in [0.2, 0.25) is 0 Å². The molecule has 0 saturated heterocycles. The molecule has 0 saturated carbocycles. The Morgan fingerprint density at radius 1 is 1.50 bits per heavy atom. The van der Waals surface area contributed by atoms with Crippen LogP contribution in [0.1, 0.15) is 16.3 Å². The molecule has 0 amide bonds. The summed E-state index contributed by atoms with van der Waals surface area (Å²) in [7, 11) is 0. The minimum Gasteiger partial charge on any atom is -0.309 e. The standard InChI is InChI=1S/C14H15N5OS2/c1-4-5-19-7-15-18-14(19)21-6-10-16-12(20)11-8(2)9(3)22-13(11)17-10/h4,7H,1,5-6H2,2-3H3,(H,16,17,20). The summed E-state index contributed by atoms with van der Waals surface area (Å²) in [5.41, 5.74) is 0.939. The molecule has 0 unspecified atom stereocenters. The van der Waals surface area contributed by atoms with E-state index in [2.05, 4.69) is 26.7 Å². The van der Waals surface area contributed by atoms with E-state index in [-0.39, 0.29) is 5.56 Å². The summed E-state index contributed by atoms with van der Waals surface area (Å²) in [6, 6.07) is 0. The van der Waals surface area contributed by atoms with Crippen LogP contribution < -0.4 is 5.56 Å². The van der Waals surface area contributed by atoms with E-state index in [1.807, 2.05) is 18.4 Å². The van der Waals surface area contributed by atoms with E-state index in [0.717, 1.165) is 20.4 Å². The van der Waals surface area contributed by atoms with Crippen LogP contribution in [0, 0.1) is 13.8 Å². The lowest BCUT2D eigenvalue weighted by molar-refractivity contribution is 0.724. The average Bonchev–Trinajstić information content (AvgIpc) is 3.03. The molecule has 3 rings (SSSR count). The Morgan fingerprint density at radius 3 is 3.09 bits per heavy atom. The van der Waals surface area contributed by atoms with Gasteiger partial charge in [0.25, 0.3) is 5.56 Å². The van der Waals surface area contributed by atoms with E-state index in [9.17, 15) is 4.79 Å². The number of rotatable bonds is 5. The number of nitrogens with zero attached hydrogens (tertiary/aromatic N) is 4. The minimum atomic E-state index is -0.0741. The number of hydrogen-bond acceptors (Lipinski definition) is 6. The van der Waals surface area contributed by atoms with Gasteiger partial charge >= 0.3 is 0 Å². The molecule has 0 aliphatic heterocycles. The van der Waals surface area contributed by atoms with Crippen molar-refractivity contribution in [3.63, 3.8) is 0 Å². The monoisotopic (exact) mass is 333 g/mol. The summed E-state index contributed by atoms with van der Waals surface area (Å²) in [6.45, 7) is 8.32. The van der Waals surface area contributed by atoms with Gasteiger partial charge < -0.3 is 9.55 Å². The molecule has 0 fully saturated rings. The van der Waals surface area contributed by atoms with Crippen molar-refractivity contribution in [3.05, 3.63) is 45.6 Å². The van der Waals surface area contributed by atoms with E-state index < -0.39 is 0 Å². The maximum Gasteiger partial charge on any atom is 0.259 e. The zero-order valence-corrected chi connectivity index (χ0v) is 13.9. The molecular formula is C14H15N5OS2. The van der Waals surface area contributed by atoms with Crippen molar-refractivity contribution < 1.29 is 0 Å². The van der Waals surface area contributed by atoms with Crippen molar-refractivity contribution in [2.75, 3.05) is 0 Å². The number of aromatic nitrogens is 5. The predicted octanol–water partition coefficient (Wildman–Crippen LogP) is 2.67. The number of aryl methyl sites for hydroxylation is 2. The van der Waals surface area contributed by atoms with Gasteiger partial charge in [0.1, 0.15) is 17.0 Å². The number of fused-ring (bicyclic) bond motifs is 1. The first-order valence-corrected chi connectivity index (χ1v) is 8.50. The third-order valence-corrected chi connectivity index (χ3v) is 5.43. The summed E-state index contributed by atoms with van der Waals surface area (Å²) in [5, 5.41) is 9.43. The fraction of sp³-hybridized carbons (Fsp3) is 0.286. The molecule has 0 aliphatic rings. The highest BCUT2D eigenvalue weighted by atomic mass is 32.2. The first-order chi connectivity index (χ1) is 10.6. The normalized spacial score (nSPS) is 11.2. The van der Waals surface area contributed by atoms with E-state index >= 15 is 0 Å². The second kappa shape index (κ2) is 6.05. The number of H-pyrrole nitrogens is 1. The van der Waals surface area contributed by atoms with Crippen LogP contribution >= 0.6 is 23.1 Å². The van der Waals surface area contributed by atoms with Gasteiger partial charge in [-0.05, 0) is 19.4 Å². The van der Waals surface area contributed by atoms with Gasteiger partial charge in [0, 0.05) is 11.4 Å².